The molecule has 0 aromatic carbocycles. The van der Waals surface area contributed by atoms with Gasteiger partial charge >= 0.3 is 0 Å². The molecule has 118 valence electrons. The average Bonchev–Trinajstić information content (AvgIpc) is 2.85. The van der Waals surface area contributed by atoms with Crippen LogP contribution in [0.3, 0.4) is 0 Å². The van der Waals surface area contributed by atoms with Gasteiger partial charge in [-0.25, -0.2) is 0 Å². The van der Waals surface area contributed by atoms with E-state index in [4.69, 9.17) is 4.74 Å². The van der Waals surface area contributed by atoms with E-state index >= 15 is 0 Å². The molecule has 0 aromatic heterocycles. The van der Waals surface area contributed by atoms with Crippen LogP contribution in [0.15, 0.2) is 0 Å². The maximum Gasteiger partial charge on any atom is 0.0616 e. The second-order valence-corrected chi connectivity index (χ2v) is 6.98. The Balaban J connectivity index is 1.72. The molecule has 0 aromatic rings. The first kappa shape index (κ1) is 16.3. The second-order valence-electron chi connectivity index (χ2n) is 6.98. The Morgan fingerprint density at radius 3 is 2.60 bits per heavy atom. The molecule has 2 aliphatic rings. The summed E-state index contributed by atoms with van der Waals surface area (Å²) in [5, 5.41) is 13.3. The fourth-order valence-corrected chi connectivity index (χ4v) is 4.19. The zero-order chi connectivity index (χ0) is 14.4. The summed E-state index contributed by atoms with van der Waals surface area (Å²) in [4.78, 5) is 0. The van der Waals surface area contributed by atoms with Gasteiger partial charge in [0.1, 0.15) is 0 Å². The van der Waals surface area contributed by atoms with Gasteiger partial charge in [0.25, 0.3) is 0 Å². The van der Waals surface area contributed by atoms with Crippen molar-refractivity contribution in [2.24, 2.45) is 11.8 Å². The molecule has 0 aliphatic heterocycles. The molecule has 3 nitrogen and oxygen atoms in total. The molecule has 0 heterocycles. The van der Waals surface area contributed by atoms with Crippen molar-refractivity contribution in [2.45, 2.75) is 76.9 Å². The van der Waals surface area contributed by atoms with Crippen LogP contribution < -0.4 is 5.32 Å². The quantitative estimate of drug-likeness (QED) is 0.754. The zero-order valence-corrected chi connectivity index (χ0v) is 13.4. The van der Waals surface area contributed by atoms with Gasteiger partial charge in [0, 0.05) is 12.1 Å². The van der Waals surface area contributed by atoms with Crippen molar-refractivity contribution in [1.29, 1.82) is 0 Å². The summed E-state index contributed by atoms with van der Waals surface area (Å²) >= 11 is 0. The van der Waals surface area contributed by atoms with E-state index in [1.807, 2.05) is 0 Å². The lowest BCUT2D eigenvalue weighted by molar-refractivity contribution is 0.00522. The molecule has 20 heavy (non-hydrogen) atoms. The monoisotopic (exact) mass is 283 g/mol. The van der Waals surface area contributed by atoms with Gasteiger partial charge in [-0.3, -0.25) is 0 Å². The summed E-state index contributed by atoms with van der Waals surface area (Å²) in [6.07, 6.45) is 10.3. The van der Waals surface area contributed by atoms with Crippen molar-refractivity contribution in [3.05, 3.63) is 0 Å². The Hall–Kier alpha value is -0.120. The van der Waals surface area contributed by atoms with Crippen LogP contribution in [0.5, 0.6) is 0 Å². The predicted molar refractivity (Wildman–Crippen MR) is 82.8 cm³/mol. The summed E-state index contributed by atoms with van der Waals surface area (Å²) < 4.78 is 6.10. The normalized spacial score (nSPS) is 38.2. The third kappa shape index (κ3) is 3.96. The number of nitrogens with one attached hydrogen (secondary N) is 1. The number of likely N-dealkylation sites (N-methyl/N-ethyl adjacent to an activating group) is 1. The Bertz CT molecular complexity index is 276. The second kappa shape index (κ2) is 7.77. The molecule has 0 bridgehead atoms. The number of aliphatic hydroxyl groups excluding tert-OH is 1. The first-order valence-corrected chi connectivity index (χ1v) is 8.67. The highest BCUT2D eigenvalue weighted by Crippen LogP contribution is 2.38. The van der Waals surface area contributed by atoms with E-state index in [1.54, 1.807) is 0 Å². The van der Waals surface area contributed by atoms with Gasteiger partial charge in [0.2, 0.25) is 0 Å². The molecule has 0 spiro atoms. The molecule has 0 amide bonds. The predicted octanol–water partition coefficient (Wildman–Crippen LogP) is 3.11. The van der Waals surface area contributed by atoms with Gasteiger partial charge in [0.05, 0.1) is 12.7 Å². The molecule has 2 aliphatic carbocycles. The number of hydrogen-bond acceptors (Lipinski definition) is 3. The van der Waals surface area contributed by atoms with E-state index in [-0.39, 0.29) is 12.1 Å². The summed E-state index contributed by atoms with van der Waals surface area (Å²) in [6, 6.07) is 0. The van der Waals surface area contributed by atoms with Crippen LogP contribution in [-0.2, 0) is 4.74 Å². The van der Waals surface area contributed by atoms with Crippen molar-refractivity contribution >= 4 is 0 Å². The maximum absolute atomic E-state index is 9.79. The number of aliphatic hydroxyl groups is 1. The van der Waals surface area contributed by atoms with Gasteiger partial charge in [-0.05, 0) is 63.3 Å². The lowest BCUT2D eigenvalue weighted by Crippen LogP contribution is -2.51. The minimum atomic E-state index is -0.0286. The molecule has 2 rings (SSSR count). The van der Waals surface area contributed by atoms with Crippen molar-refractivity contribution < 1.29 is 9.84 Å². The Morgan fingerprint density at radius 1 is 1.20 bits per heavy atom. The first-order valence-electron chi connectivity index (χ1n) is 8.67. The highest BCUT2D eigenvalue weighted by molar-refractivity contribution is 4.98. The van der Waals surface area contributed by atoms with Crippen LogP contribution in [-0.4, -0.2) is 36.5 Å². The van der Waals surface area contributed by atoms with Crippen LogP contribution in [0.2, 0.25) is 0 Å². The molecular weight excluding hydrogens is 250 g/mol. The smallest absolute Gasteiger partial charge is 0.0616 e. The van der Waals surface area contributed by atoms with E-state index < -0.39 is 0 Å². The molecule has 2 unspecified atom stereocenters. The molecule has 2 saturated carbocycles. The average molecular weight is 283 g/mol. The van der Waals surface area contributed by atoms with E-state index in [0.29, 0.717) is 12.0 Å². The summed E-state index contributed by atoms with van der Waals surface area (Å²) in [7, 11) is 0. The highest BCUT2D eigenvalue weighted by atomic mass is 16.5. The van der Waals surface area contributed by atoms with Crippen LogP contribution in [0.1, 0.15) is 65.2 Å². The van der Waals surface area contributed by atoms with Crippen molar-refractivity contribution in [3.8, 4) is 0 Å². The van der Waals surface area contributed by atoms with Crippen molar-refractivity contribution in [3.63, 3.8) is 0 Å². The molecule has 3 heteroatoms. The maximum atomic E-state index is 9.79. The fourth-order valence-electron chi connectivity index (χ4n) is 4.19. The third-order valence-corrected chi connectivity index (χ3v) is 5.55. The van der Waals surface area contributed by atoms with Gasteiger partial charge < -0.3 is 15.2 Å². The Kier molecular flexibility index (Phi) is 6.31. The zero-order valence-electron chi connectivity index (χ0n) is 13.4. The minimum absolute atomic E-state index is 0.0286. The standard InChI is InChI=1S/C17H33NO2/c1-3-18-17(13-19)11-4-5-15(17)10-12-20-16-8-6-14(2)7-9-16/h14-16,18-19H,3-13H2,1-2H3. The van der Waals surface area contributed by atoms with E-state index in [9.17, 15) is 5.11 Å². The van der Waals surface area contributed by atoms with Crippen LogP contribution in [0.4, 0.5) is 0 Å². The van der Waals surface area contributed by atoms with Gasteiger partial charge in [-0.2, -0.15) is 0 Å². The molecule has 0 saturated heterocycles. The summed E-state index contributed by atoms with van der Waals surface area (Å²) in [6.45, 7) is 6.56. The van der Waals surface area contributed by atoms with Crippen LogP contribution in [0.25, 0.3) is 0 Å². The molecule has 2 atom stereocenters. The highest BCUT2D eigenvalue weighted by Gasteiger charge is 2.41. The molecular formula is C17H33NO2. The number of ether oxygens (including phenoxy) is 1. The Labute approximate surface area is 124 Å². The topological polar surface area (TPSA) is 41.5 Å². The molecule has 2 fully saturated rings. The third-order valence-electron chi connectivity index (χ3n) is 5.55. The largest absolute Gasteiger partial charge is 0.394 e. The van der Waals surface area contributed by atoms with Gasteiger partial charge in [-0.15, -0.1) is 0 Å². The SMILES string of the molecule is CCNC1(CO)CCCC1CCOC1CCC(C)CC1. The summed E-state index contributed by atoms with van der Waals surface area (Å²) in [5.74, 6) is 1.47. The number of hydrogen-bond donors (Lipinski definition) is 2. The van der Waals surface area contributed by atoms with E-state index in [0.717, 1.165) is 31.9 Å². The lowest BCUT2D eigenvalue weighted by atomic mass is 9.85. The Morgan fingerprint density at radius 2 is 1.95 bits per heavy atom. The fraction of sp³-hybridized carbons (Fsp3) is 1.00. The van der Waals surface area contributed by atoms with Gasteiger partial charge in [-0.1, -0.05) is 20.3 Å². The lowest BCUT2D eigenvalue weighted by Gasteiger charge is -2.35. The van der Waals surface area contributed by atoms with Crippen LogP contribution in [0, 0.1) is 11.8 Å². The summed E-state index contributed by atoms with van der Waals surface area (Å²) in [5.41, 5.74) is -0.0286. The van der Waals surface area contributed by atoms with Crippen molar-refractivity contribution in [2.75, 3.05) is 19.8 Å². The van der Waals surface area contributed by atoms with E-state index in [1.165, 1.54) is 38.5 Å². The molecule has 2 N–H and O–H groups in total. The van der Waals surface area contributed by atoms with Crippen molar-refractivity contribution in [1.82, 2.24) is 5.32 Å². The minimum Gasteiger partial charge on any atom is -0.394 e. The van der Waals surface area contributed by atoms with E-state index in [2.05, 4.69) is 19.2 Å². The first-order chi connectivity index (χ1) is 9.70. The number of rotatable bonds is 7. The molecule has 0 radical (unpaired) electrons. The van der Waals surface area contributed by atoms with Gasteiger partial charge in [0.15, 0.2) is 0 Å². The van der Waals surface area contributed by atoms with Crippen LogP contribution >= 0.6 is 0 Å².